The molecule has 18 heavy (non-hydrogen) atoms. The van der Waals surface area contributed by atoms with Crippen LogP contribution >= 0.6 is 0 Å². The average molecular weight is 251 g/mol. The molecular formula is C14H21NO3. The van der Waals surface area contributed by atoms with Gasteiger partial charge in [0.05, 0.1) is 5.41 Å². The number of allylic oxidation sites excluding steroid dienone is 1. The lowest BCUT2D eigenvalue weighted by molar-refractivity contribution is -0.143. The summed E-state index contributed by atoms with van der Waals surface area (Å²) < 4.78 is 0. The van der Waals surface area contributed by atoms with E-state index in [1.165, 1.54) is 0 Å². The van der Waals surface area contributed by atoms with E-state index < -0.39 is 17.4 Å². The smallest absolute Gasteiger partial charge is 0.326 e. The molecule has 0 aromatic carbocycles. The minimum Gasteiger partial charge on any atom is -0.480 e. The van der Waals surface area contributed by atoms with Crippen molar-refractivity contribution < 1.29 is 14.7 Å². The highest BCUT2D eigenvalue weighted by atomic mass is 16.4. The monoisotopic (exact) mass is 251 g/mol. The van der Waals surface area contributed by atoms with E-state index in [1.807, 2.05) is 13.0 Å². The first-order valence-corrected chi connectivity index (χ1v) is 6.80. The first kappa shape index (κ1) is 13.1. The molecule has 3 atom stereocenters. The van der Waals surface area contributed by atoms with E-state index in [4.69, 9.17) is 5.11 Å². The molecule has 0 aromatic heterocycles. The Bertz CT molecular complexity index is 377. The molecule has 2 aliphatic carbocycles. The standard InChI is InChI=1S/C14H21NO3/c1-2-3-4-11(12(16)17)15-13(18)14-7-5-10(9-14)6-8-14/h5,7,10-11H,2-4,6,8-9H2,1H3,(H,15,18)(H,16,17). The van der Waals surface area contributed by atoms with Crippen LogP contribution in [0.25, 0.3) is 0 Å². The predicted octanol–water partition coefficient (Wildman–Crippen LogP) is 2.10. The molecule has 3 unspecified atom stereocenters. The topological polar surface area (TPSA) is 66.4 Å². The van der Waals surface area contributed by atoms with E-state index in [0.29, 0.717) is 12.3 Å². The molecule has 0 spiro atoms. The number of carbonyl (C=O) groups is 2. The maximum absolute atomic E-state index is 12.3. The van der Waals surface area contributed by atoms with Crippen molar-refractivity contribution in [3.05, 3.63) is 12.2 Å². The van der Waals surface area contributed by atoms with Crippen molar-refractivity contribution in [3.63, 3.8) is 0 Å². The van der Waals surface area contributed by atoms with E-state index in [2.05, 4.69) is 11.4 Å². The van der Waals surface area contributed by atoms with Gasteiger partial charge in [-0.15, -0.1) is 0 Å². The minimum absolute atomic E-state index is 0.0951. The van der Waals surface area contributed by atoms with Crippen LogP contribution in [-0.2, 0) is 9.59 Å². The summed E-state index contributed by atoms with van der Waals surface area (Å²) in [5, 5.41) is 11.8. The highest BCUT2D eigenvalue weighted by molar-refractivity contribution is 5.89. The fourth-order valence-electron chi connectivity index (χ4n) is 3.00. The molecule has 4 heteroatoms. The Labute approximate surface area is 107 Å². The second-order valence-corrected chi connectivity index (χ2v) is 5.52. The molecule has 2 N–H and O–H groups in total. The van der Waals surface area contributed by atoms with Crippen molar-refractivity contribution in [1.29, 1.82) is 0 Å². The van der Waals surface area contributed by atoms with Crippen LogP contribution in [0.3, 0.4) is 0 Å². The summed E-state index contributed by atoms with van der Waals surface area (Å²) in [4.78, 5) is 23.4. The van der Waals surface area contributed by atoms with Gasteiger partial charge in [-0.1, -0.05) is 31.9 Å². The predicted molar refractivity (Wildman–Crippen MR) is 68.0 cm³/mol. The van der Waals surface area contributed by atoms with Gasteiger partial charge in [-0.2, -0.15) is 0 Å². The van der Waals surface area contributed by atoms with Gasteiger partial charge in [0.25, 0.3) is 0 Å². The third-order valence-corrected chi connectivity index (χ3v) is 4.18. The zero-order chi connectivity index (χ0) is 13.2. The van der Waals surface area contributed by atoms with Crippen LogP contribution in [-0.4, -0.2) is 23.0 Å². The molecule has 100 valence electrons. The van der Waals surface area contributed by atoms with E-state index in [-0.39, 0.29) is 5.91 Å². The van der Waals surface area contributed by atoms with Gasteiger partial charge in [0.2, 0.25) is 5.91 Å². The highest BCUT2D eigenvalue weighted by Crippen LogP contribution is 2.49. The Kier molecular flexibility index (Phi) is 3.73. The van der Waals surface area contributed by atoms with Crippen LogP contribution in [0.5, 0.6) is 0 Å². The van der Waals surface area contributed by atoms with Crippen LogP contribution in [0.15, 0.2) is 12.2 Å². The fraction of sp³-hybridized carbons (Fsp3) is 0.714. The van der Waals surface area contributed by atoms with E-state index >= 15 is 0 Å². The quantitative estimate of drug-likeness (QED) is 0.710. The number of rotatable bonds is 6. The molecule has 1 fully saturated rings. The summed E-state index contributed by atoms with van der Waals surface area (Å²) in [6, 6.07) is -0.736. The summed E-state index contributed by atoms with van der Waals surface area (Å²) in [6.45, 7) is 2.01. The molecule has 0 aliphatic heterocycles. The van der Waals surface area contributed by atoms with Gasteiger partial charge in [0, 0.05) is 0 Å². The fourth-order valence-corrected chi connectivity index (χ4v) is 3.00. The zero-order valence-electron chi connectivity index (χ0n) is 10.8. The summed E-state index contributed by atoms with van der Waals surface area (Å²) in [5.41, 5.74) is -0.412. The molecule has 2 bridgehead atoms. The van der Waals surface area contributed by atoms with E-state index in [9.17, 15) is 9.59 Å². The molecule has 0 heterocycles. The third-order valence-electron chi connectivity index (χ3n) is 4.18. The zero-order valence-corrected chi connectivity index (χ0v) is 10.8. The van der Waals surface area contributed by atoms with Gasteiger partial charge < -0.3 is 10.4 Å². The van der Waals surface area contributed by atoms with Crippen LogP contribution in [0.4, 0.5) is 0 Å². The largest absolute Gasteiger partial charge is 0.480 e. The normalized spacial score (nSPS) is 30.4. The molecule has 0 radical (unpaired) electrons. The summed E-state index contributed by atoms with van der Waals surface area (Å²) in [5.74, 6) is -0.498. The Hall–Kier alpha value is -1.32. The van der Waals surface area contributed by atoms with Gasteiger partial charge in [0.15, 0.2) is 0 Å². The number of hydrogen-bond donors (Lipinski definition) is 2. The summed E-state index contributed by atoms with van der Waals surface area (Å²) in [7, 11) is 0. The lowest BCUT2D eigenvalue weighted by Crippen LogP contribution is -2.46. The van der Waals surface area contributed by atoms with E-state index in [0.717, 1.165) is 32.1 Å². The van der Waals surface area contributed by atoms with Crippen molar-refractivity contribution in [3.8, 4) is 0 Å². The Morgan fingerprint density at radius 3 is 2.78 bits per heavy atom. The minimum atomic E-state index is -0.926. The number of hydrogen-bond acceptors (Lipinski definition) is 2. The summed E-state index contributed by atoms with van der Waals surface area (Å²) in [6.07, 6.45) is 9.13. The molecule has 1 saturated carbocycles. The molecule has 4 nitrogen and oxygen atoms in total. The number of aliphatic carboxylic acids is 1. The van der Waals surface area contributed by atoms with Crippen molar-refractivity contribution in [2.45, 2.75) is 51.5 Å². The SMILES string of the molecule is CCCCC(NC(=O)C12C=CC(CC1)C2)C(=O)O. The Balaban J connectivity index is 1.97. The molecule has 2 rings (SSSR count). The number of carbonyl (C=O) groups excluding carboxylic acids is 1. The molecule has 1 amide bonds. The molecular weight excluding hydrogens is 230 g/mol. The van der Waals surface area contributed by atoms with Crippen LogP contribution in [0, 0.1) is 11.3 Å². The van der Waals surface area contributed by atoms with Gasteiger partial charge in [-0.3, -0.25) is 4.79 Å². The molecule has 2 aliphatic rings. The van der Waals surface area contributed by atoms with Crippen molar-refractivity contribution in [1.82, 2.24) is 5.32 Å². The van der Waals surface area contributed by atoms with Crippen molar-refractivity contribution >= 4 is 11.9 Å². The summed E-state index contributed by atoms with van der Waals surface area (Å²) >= 11 is 0. The van der Waals surface area contributed by atoms with Crippen LogP contribution < -0.4 is 5.32 Å². The van der Waals surface area contributed by atoms with Crippen molar-refractivity contribution in [2.24, 2.45) is 11.3 Å². The lowest BCUT2D eigenvalue weighted by Gasteiger charge is -2.25. The number of carboxylic acids is 1. The number of nitrogens with one attached hydrogen (secondary N) is 1. The average Bonchev–Trinajstić information content (AvgIpc) is 2.95. The third kappa shape index (κ3) is 2.42. The maximum atomic E-state index is 12.3. The highest BCUT2D eigenvalue weighted by Gasteiger charge is 2.47. The number of unbranched alkanes of at least 4 members (excludes halogenated alkanes) is 1. The second kappa shape index (κ2) is 5.12. The lowest BCUT2D eigenvalue weighted by atomic mass is 9.86. The molecule has 0 saturated heterocycles. The molecule has 0 aromatic rings. The van der Waals surface area contributed by atoms with E-state index in [1.54, 1.807) is 0 Å². The van der Waals surface area contributed by atoms with Gasteiger partial charge in [-0.25, -0.2) is 4.79 Å². The number of amides is 1. The first-order chi connectivity index (χ1) is 8.57. The Morgan fingerprint density at radius 2 is 2.33 bits per heavy atom. The number of fused-ring (bicyclic) bond motifs is 2. The van der Waals surface area contributed by atoms with Gasteiger partial charge in [0.1, 0.15) is 6.04 Å². The van der Waals surface area contributed by atoms with Gasteiger partial charge in [-0.05, 0) is 31.6 Å². The first-order valence-electron chi connectivity index (χ1n) is 6.80. The van der Waals surface area contributed by atoms with Gasteiger partial charge >= 0.3 is 5.97 Å². The van der Waals surface area contributed by atoms with Crippen molar-refractivity contribution in [2.75, 3.05) is 0 Å². The van der Waals surface area contributed by atoms with Crippen LogP contribution in [0.2, 0.25) is 0 Å². The number of carboxylic acid groups (broad SMARTS) is 1. The van der Waals surface area contributed by atoms with Crippen LogP contribution in [0.1, 0.15) is 45.4 Å². The Morgan fingerprint density at radius 1 is 1.56 bits per heavy atom. The maximum Gasteiger partial charge on any atom is 0.326 e. The second-order valence-electron chi connectivity index (χ2n) is 5.52.